The van der Waals surface area contributed by atoms with Crippen LogP contribution in [0.1, 0.15) is 11.1 Å². The molecule has 0 N–H and O–H groups in total. The Morgan fingerprint density at radius 2 is 0.828 bits per heavy atom. The summed E-state index contributed by atoms with van der Waals surface area (Å²) in [7, 11) is 0. The molecular weight excluding hydrogens is 715 g/mol. The number of nitriles is 2. The summed E-state index contributed by atoms with van der Waals surface area (Å²) in [6, 6.07) is 61.8. The van der Waals surface area contributed by atoms with Gasteiger partial charge in [0.1, 0.15) is 16.7 Å². The van der Waals surface area contributed by atoms with E-state index in [9.17, 15) is 10.5 Å². The van der Waals surface area contributed by atoms with Crippen molar-refractivity contribution in [3.05, 3.63) is 187 Å². The first-order chi connectivity index (χ1) is 28.6. The number of fused-ring (bicyclic) bond motifs is 9. The van der Waals surface area contributed by atoms with Crippen LogP contribution in [0.15, 0.2) is 185 Å². The Morgan fingerprint density at radius 1 is 0.379 bits per heavy atom. The fourth-order valence-corrected chi connectivity index (χ4v) is 8.18. The molecule has 0 unspecified atom stereocenters. The van der Waals surface area contributed by atoms with Crippen LogP contribution < -0.4 is 9.80 Å². The molecule has 8 aromatic carbocycles. The van der Waals surface area contributed by atoms with Crippen LogP contribution in [-0.2, 0) is 0 Å². The second-order valence-electron chi connectivity index (χ2n) is 14.3. The minimum absolute atomic E-state index is 0.597. The molecule has 0 aliphatic carbocycles. The average Bonchev–Trinajstić information content (AvgIpc) is 3.84. The molecule has 0 bridgehead atoms. The van der Waals surface area contributed by atoms with Crippen LogP contribution in [0, 0.1) is 22.7 Å². The molecule has 0 fully saturated rings. The van der Waals surface area contributed by atoms with E-state index in [0.717, 1.165) is 94.0 Å². The van der Waals surface area contributed by atoms with Crippen molar-refractivity contribution in [1.82, 2.24) is 4.98 Å². The summed E-state index contributed by atoms with van der Waals surface area (Å²) in [5.74, 6) is 0. The van der Waals surface area contributed by atoms with Gasteiger partial charge in [0.05, 0.1) is 23.3 Å². The van der Waals surface area contributed by atoms with Crippen molar-refractivity contribution < 1.29 is 8.83 Å². The molecule has 0 aliphatic rings. The summed E-state index contributed by atoms with van der Waals surface area (Å²) >= 11 is 0. The number of benzene rings is 8. The molecular formula is C51H29N5O2. The summed E-state index contributed by atoms with van der Waals surface area (Å²) in [6.45, 7) is 0. The predicted octanol–water partition coefficient (Wildman–Crippen LogP) is 13.9. The first-order valence-corrected chi connectivity index (χ1v) is 18.9. The first kappa shape index (κ1) is 33.0. The smallest absolute Gasteiger partial charge is 0.227 e. The van der Waals surface area contributed by atoms with E-state index in [1.165, 1.54) is 0 Å². The summed E-state index contributed by atoms with van der Waals surface area (Å²) in [6.07, 6.45) is 1.74. The Hall–Kier alpha value is -8.39. The highest BCUT2D eigenvalue weighted by Gasteiger charge is 2.19. The maximum Gasteiger partial charge on any atom is 0.227 e. The Morgan fingerprint density at radius 3 is 1.40 bits per heavy atom. The van der Waals surface area contributed by atoms with E-state index in [4.69, 9.17) is 8.83 Å². The number of nitrogens with zero attached hydrogens (tertiary/aromatic N) is 5. The molecule has 7 heteroatoms. The van der Waals surface area contributed by atoms with Crippen LogP contribution in [0.3, 0.4) is 0 Å². The quantitative estimate of drug-likeness (QED) is 0.157. The summed E-state index contributed by atoms with van der Waals surface area (Å²) < 4.78 is 12.5. The summed E-state index contributed by atoms with van der Waals surface area (Å²) in [5, 5.41) is 27.6. The number of rotatable bonds is 6. The van der Waals surface area contributed by atoms with Gasteiger partial charge in [0, 0.05) is 74.0 Å². The molecule has 11 aromatic rings. The topological polar surface area (TPSA) is 93.2 Å². The highest BCUT2D eigenvalue weighted by Crippen LogP contribution is 2.43. The van der Waals surface area contributed by atoms with Crippen LogP contribution in [-0.4, -0.2) is 4.98 Å². The van der Waals surface area contributed by atoms with Gasteiger partial charge in [-0.3, -0.25) is 0 Å². The second-order valence-corrected chi connectivity index (χ2v) is 14.3. The molecule has 0 saturated heterocycles. The lowest BCUT2D eigenvalue weighted by Gasteiger charge is -2.26. The number of anilines is 6. The normalized spacial score (nSPS) is 11.4. The van der Waals surface area contributed by atoms with Crippen LogP contribution >= 0.6 is 0 Å². The van der Waals surface area contributed by atoms with Gasteiger partial charge in [0.15, 0.2) is 0 Å². The molecule has 270 valence electrons. The largest absolute Gasteiger partial charge is 0.456 e. The minimum atomic E-state index is 0.597. The van der Waals surface area contributed by atoms with Crippen molar-refractivity contribution in [1.29, 1.82) is 10.5 Å². The molecule has 58 heavy (non-hydrogen) atoms. The van der Waals surface area contributed by atoms with Crippen LogP contribution in [0.5, 0.6) is 0 Å². The molecule has 3 aromatic heterocycles. The van der Waals surface area contributed by atoms with Crippen molar-refractivity contribution in [2.45, 2.75) is 0 Å². The van der Waals surface area contributed by atoms with Crippen LogP contribution in [0.2, 0.25) is 0 Å². The van der Waals surface area contributed by atoms with E-state index >= 15 is 0 Å². The molecule has 0 atom stereocenters. The van der Waals surface area contributed by atoms with E-state index in [2.05, 4.69) is 112 Å². The van der Waals surface area contributed by atoms with E-state index in [0.29, 0.717) is 16.8 Å². The molecule has 0 aliphatic heterocycles. The third kappa shape index (κ3) is 5.38. The number of pyridine rings is 1. The molecule has 7 nitrogen and oxygen atoms in total. The van der Waals surface area contributed by atoms with Crippen LogP contribution in [0.25, 0.3) is 65.6 Å². The third-order valence-corrected chi connectivity index (χ3v) is 10.9. The van der Waals surface area contributed by atoms with E-state index in [1.54, 1.807) is 6.20 Å². The lowest BCUT2D eigenvalue weighted by molar-refractivity contribution is 0.654. The Balaban J connectivity index is 1.02. The van der Waals surface area contributed by atoms with Gasteiger partial charge in [-0.05, 0) is 137 Å². The standard InChI is InChI=1S/C51H29N5O2/c52-30-32-7-13-36(14-8-32)55(40-19-23-45-44-4-1-2-6-48(44)57-49(45)28-40)38-17-21-42-34(26-38)11-12-35-27-39(18-22-43(35)42)56(37-15-9-33(31-53)10-16-37)41-20-24-46-47-5-3-25-54-51(47)58-50(46)29-41/h1-29H. The Bertz CT molecular complexity index is 3260. The van der Waals surface area contributed by atoms with E-state index in [1.807, 2.05) is 84.9 Å². The number of hydrogen-bond acceptors (Lipinski definition) is 7. The average molecular weight is 744 g/mol. The second kappa shape index (κ2) is 13.1. The van der Waals surface area contributed by atoms with Crippen molar-refractivity contribution >= 4 is 99.7 Å². The molecule has 0 amide bonds. The maximum atomic E-state index is 9.54. The third-order valence-electron chi connectivity index (χ3n) is 10.9. The predicted molar refractivity (Wildman–Crippen MR) is 233 cm³/mol. The Labute approximate surface area is 332 Å². The molecule has 0 saturated carbocycles. The zero-order valence-corrected chi connectivity index (χ0v) is 30.8. The summed E-state index contributed by atoms with van der Waals surface area (Å²) in [4.78, 5) is 8.81. The molecule has 0 radical (unpaired) electrons. The van der Waals surface area contributed by atoms with Gasteiger partial charge in [-0.2, -0.15) is 10.5 Å². The van der Waals surface area contributed by atoms with Gasteiger partial charge < -0.3 is 18.6 Å². The van der Waals surface area contributed by atoms with Gasteiger partial charge in [-0.15, -0.1) is 0 Å². The molecule has 11 rings (SSSR count). The zero-order chi connectivity index (χ0) is 38.7. The fourth-order valence-electron chi connectivity index (χ4n) is 8.18. The van der Waals surface area contributed by atoms with Crippen molar-refractivity contribution in [2.75, 3.05) is 9.80 Å². The first-order valence-electron chi connectivity index (χ1n) is 18.9. The SMILES string of the molecule is N#Cc1ccc(N(c2ccc3c(ccc4cc(N(c5ccc(C#N)cc5)c5ccc6c(c5)oc5ncccc56)ccc43)c2)c2ccc3c(c2)oc2ccccc23)cc1. The number of furan rings is 2. The summed E-state index contributed by atoms with van der Waals surface area (Å²) in [5.41, 5.74) is 9.88. The van der Waals surface area contributed by atoms with Gasteiger partial charge in [0.2, 0.25) is 5.71 Å². The van der Waals surface area contributed by atoms with Crippen molar-refractivity contribution in [3.63, 3.8) is 0 Å². The molecule has 0 spiro atoms. The van der Waals surface area contributed by atoms with Crippen molar-refractivity contribution in [2.24, 2.45) is 0 Å². The van der Waals surface area contributed by atoms with E-state index in [-0.39, 0.29) is 0 Å². The fraction of sp³-hybridized carbons (Fsp3) is 0. The zero-order valence-electron chi connectivity index (χ0n) is 30.8. The Kier molecular flexibility index (Phi) is 7.47. The van der Waals surface area contributed by atoms with Gasteiger partial charge in [-0.25, -0.2) is 4.98 Å². The maximum absolute atomic E-state index is 9.54. The number of aromatic nitrogens is 1. The van der Waals surface area contributed by atoms with Gasteiger partial charge >= 0.3 is 0 Å². The highest BCUT2D eigenvalue weighted by atomic mass is 16.3. The van der Waals surface area contributed by atoms with Gasteiger partial charge in [-0.1, -0.05) is 42.5 Å². The highest BCUT2D eigenvalue weighted by molar-refractivity contribution is 6.11. The number of para-hydroxylation sites is 1. The minimum Gasteiger partial charge on any atom is -0.456 e. The van der Waals surface area contributed by atoms with Crippen molar-refractivity contribution in [3.8, 4) is 12.1 Å². The van der Waals surface area contributed by atoms with E-state index < -0.39 is 0 Å². The lowest BCUT2D eigenvalue weighted by atomic mass is 9.99. The van der Waals surface area contributed by atoms with Gasteiger partial charge in [0.25, 0.3) is 0 Å². The lowest BCUT2D eigenvalue weighted by Crippen LogP contribution is -2.10. The molecule has 3 heterocycles. The van der Waals surface area contributed by atoms with Crippen LogP contribution in [0.4, 0.5) is 34.1 Å². The number of hydrogen-bond donors (Lipinski definition) is 0. The monoisotopic (exact) mass is 743 g/mol.